The summed E-state index contributed by atoms with van der Waals surface area (Å²) >= 11 is 5.71. The number of halogens is 2. The molecule has 140 valence electrons. The second kappa shape index (κ2) is 7.74. The van der Waals surface area contributed by atoms with Crippen molar-refractivity contribution in [2.75, 3.05) is 18.4 Å². The number of carbonyl (C=O) groups is 1. The fraction of sp³-hybridized carbons (Fsp3) is 0.647. The summed E-state index contributed by atoms with van der Waals surface area (Å²) in [7, 11) is 0. The third kappa shape index (κ3) is 5.44. The predicted octanol–water partition coefficient (Wildman–Crippen LogP) is 3.70. The van der Waals surface area contributed by atoms with Gasteiger partial charge in [0.2, 0.25) is 0 Å². The van der Waals surface area contributed by atoms with Crippen molar-refractivity contribution in [2.45, 2.75) is 58.5 Å². The Kier molecular flexibility index (Phi) is 6.11. The molecular weight excluding hydrogens is 349 g/mol. The third-order valence-electron chi connectivity index (χ3n) is 3.76. The monoisotopic (exact) mass is 373 g/mol. The molecule has 1 aliphatic heterocycles. The minimum absolute atomic E-state index is 0.0827. The smallest absolute Gasteiger partial charge is 0.410 e. The van der Waals surface area contributed by atoms with Crippen LogP contribution in [0.25, 0.3) is 0 Å². The van der Waals surface area contributed by atoms with Crippen LogP contribution in [0.5, 0.6) is 0 Å². The number of morpholine rings is 1. The highest BCUT2D eigenvalue weighted by Crippen LogP contribution is 2.23. The lowest BCUT2D eigenvalue weighted by Crippen LogP contribution is -2.58. The van der Waals surface area contributed by atoms with E-state index in [9.17, 15) is 9.18 Å². The summed E-state index contributed by atoms with van der Waals surface area (Å²) in [5, 5.41) is 3.15. The summed E-state index contributed by atoms with van der Waals surface area (Å²) in [6.07, 6.45) is 0.607. The van der Waals surface area contributed by atoms with Gasteiger partial charge in [0.15, 0.2) is 11.6 Å². The van der Waals surface area contributed by atoms with Crippen LogP contribution in [0.15, 0.2) is 12.3 Å². The van der Waals surface area contributed by atoms with Crippen molar-refractivity contribution >= 4 is 23.5 Å². The molecule has 8 heteroatoms. The lowest BCUT2D eigenvalue weighted by molar-refractivity contribution is -0.100. The number of nitrogens with zero attached hydrogens (tertiary/aromatic N) is 2. The van der Waals surface area contributed by atoms with Gasteiger partial charge in [0.05, 0.1) is 29.8 Å². The van der Waals surface area contributed by atoms with E-state index in [-0.39, 0.29) is 35.6 Å². The van der Waals surface area contributed by atoms with Gasteiger partial charge in [-0.2, -0.15) is 0 Å². The molecule has 0 radical (unpaired) electrons. The highest BCUT2D eigenvalue weighted by Gasteiger charge is 2.37. The number of hydrogen-bond acceptors (Lipinski definition) is 5. The molecule has 3 atom stereocenters. The zero-order chi connectivity index (χ0) is 18.8. The second-order valence-electron chi connectivity index (χ2n) is 7.22. The minimum atomic E-state index is -0.594. The van der Waals surface area contributed by atoms with Crippen LogP contribution in [0.1, 0.15) is 34.6 Å². The first-order valence-electron chi connectivity index (χ1n) is 8.27. The van der Waals surface area contributed by atoms with E-state index in [1.807, 2.05) is 34.6 Å². The van der Waals surface area contributed by atoms with Crippen LogP contribution in [0.4, 0.5) is 15.0 Å². The molecule has 0 spiro atoms. The van der Waals surface area contributed by atoms with Gasteiger partial charge < -0.3 is 14.8 Å². The number of rotatable bonds is 3. The summed E-state index contributed by atoms with van der Waals surface area (Å²) in [5.74, 6) is -0.464. The van der Waals surface area contributed by atoms with Gasteiger partial charge in [-0.15, -0.1) is 0 Å². The molecule has 1 fully saturated rings. The molecule has 1 N–H and O–H groups in total. The number of carbonyl (C=O) groups excluding carboxylic acids is 1. The van der Waals surface area contributed by atoms with E-state index in [0.29, 0.717) is 6.54 Å². The largest absolute Gasteiger partial charge is 0.444 e. The topological polar surface area (TPSA) is 63.7 Å². The Hall–Kier alpha value is -1.60. The highest BCUT2D eigenvalue weighted by atomic mass is 35.5. The van der Waals surface area contributed by atoms with Gasteiger partial charge in [-0.25, -0.2) is 14.2 Å². The Labute approximate surface area is 152 Å². The van der Waals surface area contributed by atoms with Gasteiger partial charge in [-0.3, -0.25) is 4.90 Å². The second-order valence-corrected chi connectivity index (χ2v) is 7.65. The molecular formula is C17H25ClFN3O3. The Morgan fingerprint density at radius 3 is 2.80 bits per heavy atom. The van der Waals surface area contributed by atoms with Crippen molar-refractivity contribution in [1.82, 2.24) is 9.88 Å². The maximum atomic E-state index is 13.9. The van der Waals surface area contributed by atoms with Gasteiger partial charge in [0.1, 0.15) is 5.60 Å². The van der Waals surface area contributed by atoms with E-state index in [0.717, 1.165) is 0 Å². The van der Waals surface area contributed by atoms with Crippen LogP contribution in [-0.2, 0) is 9.47 Å². The van der Waals surface area contributed by atoms with Gasteiger partial charge in [0.25, 0.3) is 0 Å². The summed E-state index contributed by atoms with van der Waals surface area (Å²) in [6.45, 7) is 9.92. The van der Waals surface area contributed by atoms with Crippen molar-refractivity contribution in [1.29, 1.82) is 0 Å². The van der Waals surface area contributed by atoms with Crippen LogP contribution in [0, 0.1) is 5.82 Å². The number of aromatic nitrogens is 1. The molecule has 0 saturated carbocycles. The van der Waals surface area contributed by atoms with E-state index in [4.69, 9.17) is 21.1 Å². The van der Waals surface area contributed by atoms with Gasteiger partial charge >= 0.3 is 6.09 Å². The molecule has 1 saturated heterocycles. The lowest BCUT2D eigenvalue weighted by atomic mass is 10.1. The van der Waals surface area contributed by atoms with Gasteiger partial charge in [0, 0.05) is 12.7 Å². The Morgan fingerprint density at radius 1 is 1.52 bits per heavy atom. The Morgan fingerprint density at radius 2 is 2.20 bits per heavy atom. The zero-order valence-corrected chi connectivity index (χ0v) is 15.9. The number of anilines is 1. The van der Waals surface area contributed by atoms with Crippen LogP contribution in [0.3, 0.4) is 0 Å². The first-order valence-corrected chi connectivity index (χ1v) is 8.64. The molecule has 1 aliphatic rings. The molecule has 0 bridgehead atoms. The van der Waals surface area contributed by atoms with E-state index in [1.54, 1.807) is 4.90 Å². The van der Waals surface area contributed by atoms with E-state index >= 15 is 0 Å². The van der Waals surface area contributed by atoms with Crippen LogP contribution in [0.2, 0.25) is 5.02 Å². The number of hydrogen-bond donors (Lipinski definition) is 1. The van der Waals surface area contributed by atoms with E-state index in [2.05, 4.69) is 10.3 Å². The summed E-state index contributed by atoms with van der Waals surface area (Å²) in [6, 6.07) is 0.869. The van der Waals surface area contributed by atoms with Crippen LogP contribution < -0.4 is 5.32 Å². The summed E-state index contributed by atoms with van der Waals surface area (Å²) < 4.78 is 25.2. The fourth-order valence-electron chi connectivity index (χ4n) is 2.72. The van der Waals surface area contributed by atoms with Crippen LogP contribution >= 0.6 is 11.6 Å². The molecule has 2 rings (SSSR count). The van der Waals surface area contributed by atoms with Gasteiger partial charge in [-0.1, -0.05) is 11.6 Å². The molecule has 0 aromatic carbocycles. The molecule has 1 aromatic rings. The first-order chi connectivity index (χ1) is 11.6. The van der Waals surface area contributed by atoms with Crippen molar-refractivity contribution in [3.05, 3.63) is 23.1 Å². The molecule has 0 aliphatic carbocycles. The number of amides is 1. The predicted molar refractivity (Wildman–Crippen MR) is 94.4 cm³/mol. The average Bonchev–Trinajstić information content (AvgIpc) is 2.45. The number of nitrogens with one attached hydrogen (secondary N) is 1. The Bertz CT molecular complexity index is 624. The number of pyridine rings is 1. The van der Waals surface area contributed by atoms with Crippen molar-refractivity contribution in [3.8, 4) is 0 Å². The van der Waals surface area contributed by atoms with Crippen molar-refractivity contribution < 1.29 is 18.7 Å². The zero-order valence-electron chi connectivity index (χ0n) is 15.2. The van der Waals surface area contributed by atoms with Gasteiger partial charge in [-0.05, 0) is 40.7 Å². The summed E-state index contributed by atoms with van der Waals surface area (Å²) in [5.41, 5.74) is -0.594. The lowest BCUT2D eigenvalue weighted by Gasteiger charge is -2.43. The fourth-order valence-corrected chi connectivity index (χ4v) is 2.86. The molecule has 1 amide bonds. The SMILES string of the molecule is C[C@@H]1CN(C(=O)OC(C)(C)C)[C@H](CNc2ncc(Cl)cc2F)[C@H](C)O1. The molecule has 2 heterocycles. The van der Waals surface area contributed by atoms with Crippen molar-refractivity contribution in [2.24, 2.45) is 0 Å². The van der Waals surface area contributed by atoms with Crippen molar-refractivity contribution in [3.63, 3.8) is 0 Å². The van der Waals surface area contributed by atoms with E-state index < -0.39 is 17.5 Å². The molecule has 25 heavy (non-hydrogen) atoms. The minimum Gasteiger partial charge on any atom is -0.444 e. The van der Waals surface area contributed by atoms with Crippen LogP contribution in [-0.4, -0.2) is 52.9 Å². The maximum Gasteiger partial charge on any atom is 0.410 e. The third-order valence-corrected chi connectivity index (χ3v) is 3.96. The average molecular weight is 374 g/mol. The standard InChI is InChI=1S/C17H25ClFN3O3/c1-10-9-22(16(23)25-17(3,4)5)14(11(2)24-10)8-21-15-13(19)6-12(18)7-20-15/h6-7,10-11,14H,8-9H2,1-5H3,(H,20,21)/t10-,11+,14-/m1/s1. The molecule has 6 nitrogen and oxygen atoms in total. The first kappa shape index (κ1) is 19.7. The van der Waals surface area contributed by atoms with E-state index in [1.165, 1.54) is 12.3 Å². The summed E-state index contributed by atoms with van der Waals surface area (Å²) in [4.78, 5) is 18.1. The maximum absolute atomic E-state index is 13.9. The Balaban J connectivity index is 2.11. The quantitative estimate of drug-likeness (QED) is 0.875. The molecule has 0 unspecified atom stereocenters. The normalized spacial score (nSPS) is 24.1. The molecule has 1 aromatic heterocycles. The number of ether oxygens (including phenoxy) is 2. The highest BCUT2D eigenvalue weighted by molar-refractivity contribution is 6.30.